The Balaban J connectivity index is 1.60. The molecule has 3 fully saturated rings. The molecule has 32 heavy (non-hydrogen) atoms. The fourth-order valence-corrected chi connectivity index (χ4v) is 6.73. The van der Waals surface area contributed by atoms with E-state index in [4.69, 9.17) is 0 Å². The van der Waals surface area contributed by atoms with E-state index in [0.29, 0.717) is 5.69 Å². The third-order valence-corrected chi connectivity index (χ3v) is 8.09. The molecule has 2 aliphatic heterocycles. The van der Waals surface area contributed by atoms with Gasteiger partial charge in [0.15, 0.2) is 0 Å². The lowest BCUT2D eigenvalue weighted by atomic mass is 9.69. The smallest absolute Gasteiger partial charge is 0.274 e. The second-order valence-electron chi connectivity index (χ2n) is 10.0. The van der Waals surface area contributed by atoms with Gasteiger partial charge in [-0.25, -0.2) is 4.98 Å². The van der Waals surface area contributed by atoms with E-state index < -0.39 is 0 Å². The Morgan fingerprint density at radius 2 is 1.72 bits per heavy atom. The molecule has 1 aliphatic carbocycles. The van der Waals surface area contributed by atoms with Crippen molar-refractivity contribution >= 4 is 11.8 Å². The van der Waals surface area contributed by atoms with E-state index in [0.717, 1.165) is 44.2 Å². The monoisotopic (exact) mass is 432 g/mol. The Kier molecular flexibility index (Phi) is 5.26. The molecule has 1 saturated carbocycles. The lowest BCUT2D eigenvalue weighted by Gasteiger charge is -2.50. The lowest BCUT2D eigenvalue weighted by Crippen LogP contribution is -2.61. The van der Waals surface area contributed by atoms with Crippen molar-refractivity contribution < 1.29 is 9.59 Å². The third-order valence-electron chi connectivity index (χ3n) is 8.09. The van der Waals surface area contributed by atoms with Gasteiger partial charge in [0.2, 0.25) is 5.91 Å². The second-order valence-corrected chi connectivity index (χ2v) is 10.0. The van der Waals surface area contributed by atoms with Crippen molar-refractivity contribution in [2.45, 2.75) is 83.5 Å². The van der Waals surface area contributed by atoms with E-state index in [1.807, 2.05) is 25.1 Å². The number of benzene rings is 1. The van der Waals surface area contributed by atoms with E-state index in [1.165, 1.54) is 5.56 Å². The zero-order chi connectivity index (χ0) is 22.5. The fraction of sp³-hybridized carbons (Fsp3) is 0.538. The molecule has 2 aromatic rings. The molecule has 6 heteroatoms. The summed E-state index contributed by atoms with van der Waals surface area (Å²) in [4.78, 5) is 39.9. The van der Waals surface area contributed by atoms with Crippen LogP contribution in [0.25, 0.3) is 0 Å². The van der Waals surface area contributed by atoms with Gasteiger partial charge >= 0.3 is 0 Å². The van der Waals surface area contributed by atoms with Crippen LogP contribution in [-0.2, 0) is 11.2 Å². The van der Waals surface area contributed by atoms with E-state index >= 15 is 0 Å². The Labute approximate surface area is 190 Å². The number of aryl methyl sites for hydroxylation is 1. The highest BCUT2D eigenvalue weighted by Gasteiger charge is 2.63. The van der Waals surface area contributed by atoms with Crippen LogP contribution in [0.5, 0.6) is 0 Å². The zero-order valence-corrected chi connectivity index (χ0v) is 19.2. The van der Waals surface area contributed by atoms with Crippen molar-refractivity contribution in [1.82, 2.24) is 19.8 Å². The average Bonchev–Trinajstić information content (AvgIpc) is 2.93. The molecule has 2 amide bonds. The first-order chi connectivity index (χ1) is 15.4. The summed E-state index contributed by atoms with van der Waals surface area (Å²) < 4.78 is 0. The first kappa shape index (κ1) is 21.1. The van der Waals surface area contributed by atoms with Gasteiger partial charge in [-0.1, -0.05) is 50.1 Å². The predicted molar refractivity (Wildman–Crippen MR) is 122 cm³/mol. The summed E-state index contributed by atoms with van der Waals surface area (Å²) in [7, 11) is 0. The van der Waals surface area contributed by atoms with Gasteiger partial charge in [0, 0.05) is 30.6 Å². The molecule has 1 aromatic heterocycles. The molecule has 5 rings (SSSR count). The number of hydrogen-bond acceptors (Lipinski definition) is 4. The summed E-state index contributed by atoms with van der Waals surface area (Å²) in [5.74, 6) is 0.0808. The molecule has 2 saturated heterocycles. The summed E-state index contributed by atoms with van der Waals surface area (Å²) in [6, 6.07) is 10.6. The summed E-state index contributed by atoms with van der Waals surface area (Å²) in [5, 5.41) is 0. The van der Waals surface area contributed by atoms with Gasteiger partial charge in [-0.2, -0.15) is 0 Å². The molecule has 2 bridgehead atoms. The number of aromatic nitrogens is 2. The number of likely N-dealkylation sites (tertiary alicyclic amines) is 2. The molecule has 3 heterocycles. The second kappa shape index (κ2) is 7.98. The number of nitrogens with zero attached hydrogens (tertiary/aromatic N) is 4. The first-order valence-electron chi connectivity index (χ1n) is 11.8. The van der Waals surface area contributed by atoms with E-state index in [1.54, 1.807) is 19.3 Å². The van der Waals surface area contributed by atoms with Crippen LogP contribution >= 0.6 is 0 Å². The predicted octanol–water partition coefficient (Wildman–Crippen LogP) is 3.79. The molecule has 0 unspecified atom stereocenters. The van der Waals surface area contributed by atoms with Gasteiger partial charge in [-0.15, -0.1) is 0 Å². The van der Waals surface area contributed by atoms with Crippen LogP contribution in [0, 0.1) is 12.3 Å². The van der Waals surface area contributed by atoms with Crippen LogP contribution in [0.3, 0.4) is 0 Å². The standard InChI is InChI=1S/C26H32N4O2/c1-17-15-28-20(16-27-17)25(32)30-22-14-26(3)23(11-7-8-12-24(26)30)29(18(2)31)21(22)13-19-9-5-4-6-10-19/h4-6,9-10,15-16,21-24H,7-8,11-14H2,1-3H3/t21-,22-,23+,24-,26+/m0/s1. The van der Waals surface area contributed by atoms with Crippen molar-refractivity contribution in [3.05, 3.63) is 59.7 Å². The van der Waals surface area contributed by atoms with Crippen LogP contribution in [-0.4, -0.2) is 55.7 Å². The molecule has 6 nitrogen and oxygen atoms in total. The molecule has 0 N–H and O–H groups in total. The Hall–Kier alpha value is -2.76. The van der Waals surface area contributed by atoms with Crippen LogP contribution in [0.1, 0.15) is 67.7 Å². The summed E-state index contributed by atoms with van der Waals surface area (Å²) in [6.45, 7) is 5.88. The summed E-state index contributed by atoms with van der Waals surface area (Å²) in [6.07, 6.45) is 9.14. The largest absolute Gasteiger partial charge is 0.334 e. The van der Waals surface area contributed by atoms with Crippen molar-refractivity contribution in [3.8, 4) is 0 Å². The van der Waals surface area contributed by atoms with E-state index in [2.05, 4.69) is 38.8 Å². The highest BCUT2D eigenvalue weighted by molar-refractivity contribution is 5.93. The van der Waals surface area contributed by atoms with Crippen LogP contribution in [0.4, 0.5) is 0 Å². The molecule has 168 valence electrons. The minimum Gasteiger partial charge on any atom is -0.334 e. The molecule has 1 aromatic carbocycles. The maximum Gasteiger partial charge on any atom is 0.274 e. The van der Waals surface area contributed by atoms with Gasteiger partial charge in [-0.05, 0) is 38.2 Å². The molecular weight excluding hydrogens is 400 g/mol. The molecular formula is C26H32N4O2. The Morgan fingerprint density at radius 1 is 1.03 bits per heavy atom. The van der Waals surface area contributed by atoms with Crippen molar-refractivity contribution in [2.75, 3.05) is 0 Å². The molecule has 3 aliphatic rings. The fourth-order valence-electron chi connectivity index (χ4n) is 6.73. The summed E-state index contributed by atoms with van der Waals surface area (Å²) in [5.41, 5.74) is 2.32. The van der Waals surface area contributed by atoms with Crippen LogP contribution in [0.2, 0.25) is 0 Å². The third kappa shape index (κ3) is 3.31. The van der Waals surface area contributed by atoms with Crippen molar-refractivity contribution in [2.24, 2.45) is 5.41 Å². The van der Waals surface area contributed by atoms with Gasteiger partial charge < -0.3 is 9.80 Å². The van der Waals surface area contributed by atoms with Crippen molar-refractivity contribution in [1.29, 1.82) is 0 Å². The molecule has 5 atom stereocenters. The van der Waals surface area contributed by atoms with Gasteiger partial charge in [0.25, 0.3) is 5.91 Å². The SMILES string of the molecule is CC(=O)N1[C@@H](Cc2ccccc2)[C@@H]2C[C@@]3(C)[C@H](CCCC[C@@H]13)N2C(=O)c1cnc(C)cn1. The highest BCUT2D eigenvalue weighted by Crippen LogP contribution is 2.55. The quantitative estimate of drug-likeness (QED) is 0.740. The number of amides is 2. The highest BCUT2D eigenvalue weighted by atomic mass is 16.2. The number of carbonyl (C=O) groups excluding carboxylic acids is 2. The number of carbonyl (C=O) groups is 2. The number of hydrogen-bond donors (Lipinski definition) is 0. The van der Waals surface area contributed by atoms with Crippen molar-refractivity contribution in [3.63, 3.8) is 0 Å². The van der Waals surface area contributed by atoms with Gasteiger partial charge in [0.05, 0.1) is 24.0 Å². The minimum absolute atomic E-state index is 0.0148. The lowest BCUT2D eigenvalue weighted by molar-refractivity contribution is -0.141. The molecule has 0 radical (unpaired) electrons. The van der Waals surface area contributed by atoms with E-state index in [-0.39, 0.29) is 41.4 Å². The number of piperidine rings is 1. The first-order valence-corrected chi connectivity index (χ1v) is 11.8. The minimum atomic E-state index is -0.0895. The Bertz CT molecular complexity index is 1010. The van der Waals surface area contributed by atoms with E-state index in [9.17, 15) is 9.59 Å². The molecule has 0 spiro atoms. The number of fused-ring (bicyclic) bond motifs is 1. The van der Waals surface area contributed by atoms with Crippen LogP contribution < -0.4 is 0 Å². The Morgan fingerprint density at radius 3 is 2.34 bits per heavy atom. The normalized spacial score (nSPS) is 31.3. The van der Waals surface area contributed by atoms with Gasteiger partial charge in [0.1, 0.15) is 5.69 Å². The average molecular weight is 433 g/mol. The maximum atomic E-state index is 13.8. The maximum absolute atomic E-state index is 13.8. The van der Waals surface area contributed by atoms with Crippen LogP contribution in [0.15, 0.2) is 42.7 Å². The summed E-state index contributed by atoms with van der Waals surface area (Å²) >= 11 is 0. The topological polar surface area (TPSA) is 66.4 Å². The zero-order valence-electron chi connectivity index (χ0n) is 19.2. The van der Waals surface area contributed by atoms with Gasteiger partial charge in [-0.3, -0.25) is 14.6 Å². The number of rotatable bonds is 3.